The maximum Gasteiger partial charge on any atom is 0.216 e. The molecule has 0 aliphatic heterocycles. The van der Waals surface area contributed by atoms with E-state index in [2.05, 4.69) is 26.6 Å². The second kappa shape index (κ2) is 6.78. The Bertz CT molecular complexity index is 718. The highest BCUT2D eigenvalue weighted by molar-refractivity contribution is 5.43. The number of nitrogens with one attached hydrogen (secondary N) is 1. The van der Waals surface area contributed by atoms with Crippen molar-refractivity contribution in [1.29, 1.82) is 5.26 Å². The molecule has 0 saturated heterocycles. The summed E-state index contributed by atoms with van der Waals surface area (Å²) in [6, 6.07) is 6.39. The molecule has 0 spiro atoms. The van der Waals surface area contributed by atoms with Gasteiger partial charge >= 0.3 is 0 Å². The minimum atomic E-state index is 0.385. The van der Waals surface area contributed by atoms with E-state index in [1.807, 2.05) is 26.0 Å². The van der Waals surface area contributed by atoms with Gasteiger partial charge in [-0.3, -0.25) is 0 Å². The molecule has 6 heteroatoms. The molecule has 0 bridgehead atoms. The number of pyridine rings is 1. The average Bonchev–Trinajstić information content (AvgIpc) is 3.19. The van der Waals surface area contributed by atoms with E-state index >= 15 is 0 Å². The Balaban J connectivity index is 1.56. The summed E-state index contributed by atoms with van der Waals surface area (Å²) in [5, 5.41) is 20.6. The van der Waals surface area contributed by atoms with Gasteiger partial charge in [0.05, 0.1) is 0 Å². The molecule has 1 N–H and O–H groups in total. The van der Waals surface area contributed by atoms with Gasteiger partial charge in [0.15, 0.2) is 0 Å². The van der Waals surface area contributed by atoms with Gasteiger partial charge in [-0.1, -0.05) is 13.0 Å². The van der Waals surface area contributed by atoms with Gasteiger partial charge in [-0.05, 0) is 43.7 Å². The van der Waals surface area contributed by atoms with Crippen molar-refractivity contribution >= 4 is 5.82 Å². The third kappa shape index (κ3) is 3.67. The van der Waals surface area contributed by atoms with E-state index in [4.69, 9.17) is 9.68 Å². The molecule has 1 aliphatic carbocycles. The van der Waals surface area contributed by atoms with E-state index in [0.717, 1.165) is 49.4 Å². The average molecular weight is 311 g/mol. The fraction of sp³-hybridized carbons (Fsp3) is 0.529. The molecule has 1 aliphatic rings. The van der Waals surface area contributed by atoms with Gasteiger partial charge in [-0.15, -0.1) is 10.2 Å². The Labute approximate surface area is 135 Å². The van der Waals surface area contributed by atoms with Gasteiger partial charge in [0.2, 0.25) is 11.8 Å². The Morgan fingerprint density at radius 3 is 2.87 bits per heavy atom. The van der Waals surface area contributed by atoms with Crippen LogP contribution in [0.1, 0.15) is 49.2 Å². The highest BCUT2D eigenvalue weighted by Crippen LogP contribution is 2.30. The van der Waals surface area contributed by atoms with Crippen LogP contribution in [0, 0.1) is 24.2 Å². The van der Waals surface area contributed by atoms with Crippen LogP contribution in [0.3, 0.4) is 0 Å². The maximum absolute atomic E-state index is 9.07. The number of aromatic nitrogens is 3. The topological polar surface area (TPSA) is 87.6 Å². The second-order valence-corrected chi connectivity index (χ2v) is 6.14. The lowest BCUT2D eigenvalue weighted by molar-refractivity contribution is 0.409. The first-order valence-corrected chi connectivity index (χ1v) is 8.13. The normalized spacial score (nSPS) is 20.4. The van der Waals surface area contributed by atoms with Gasteiger partial charge in [0.25, 0.3) is 0 Å². The first-order valence-electron chi connectivity index (χ1n) is 8.13. The third-order valence-corrected chi connectivity index (χ3v) is 4.37. The van der Waals surface area contributed by atoms with Crippen molar-refractivity contribution < 1.29 is 4.42 Å². The van der Waals surface area contributed by atoms with E-state index in [-0.39, 0.29) is 0 Å². The summed E-state index contributed by atoms with van der Waals surface area (Å²) >= 11 is 0. The molecule has 0 aromatic carbocycles. The fourth-order valence-electron chi connectivity index (χ4n) is 3.08. The lowest BCUT2D eigenvalue weighted by Gasteiger charge is -2.14. The number of aryl methyl sites for hydroxylation is 2. The quantitative estimate of drug-likeness (QED) is 0.913. The fourth-order valence-corrected chi connectivity index (χ4v) is 3.08. The standard InChI is InChI=1S/C17H21N5O/c1-3-16-21-22-17(23-16)9-12-5-6-13(8-12)19-15-7-4-11(2)14(10-18)20-15/h4,7,12-13H,3,5-6,8-9H2,1-2H3,(H,19,20)/t12-,13+/m1/s1. The molecule has 1 fully saturated rings. The number of nitrogens with zero attached hydrogens (tertiary/aromatic N) is 4. The zero-order valence-corrected chi connectivity index (χ0v) is 13.5. The molecular weight excluding hydrogens is 290 g/mol. The number of nitriles is 1. The number of hydrogen-bond acceptors (Lipinski definition) is 6. The van der Waals surface area contributed by atoms with Crippen LogP contribution in [-0.2, 0) is 12.8 Å². The zero-order chi connectivity index (χ0) is 16.2. The zero-order valence-electron chi connectivity index (χ0n) is 13.5. The van der Waals surface area contributed by atoms with Crippen LogP contribution >= 0.6 is 0 Å². The van der Waals surface area contributed by atoms with Crippen molar-refractivity contribution in [3.8, 4) is 6.07 Å². The Hall–Kier alpha value is -2.42. The summed E-state index contributed by atoms with van der Waals surface area (Å²) < 4.78 is 5.60. The van der Waals surface area contributed by atoms with Gasteiger partial charge in [-0.2, -0.15) is 5.26 Å². The second-order valence-electron chi connectivity index (χ2n) is 6.14. The Kier molecular flexibility index (Phi) is 4.56. The summed E-state index contributed by atoms with van der Waals surface area (Å²) in [7, 11) is 0. The summed E-state index contributed by atoms with van der Waals surface area (Å²) in [4.78, 5) is 4.36. The third-order valence-electron chi connectivity index (χ3n) is 4.37. The van der Waals surface area contributed by atoms with E-state index in [0.29, 0.717) is 23.5 Å². The summed E-state index contributed by atoms with van der Waals surface area (Å²) in [5.41, 5.74) is 1.40. The smallest absolute Gasteiger partial charge is 0.216 e. The lowest BCUT2D eigenvalue weighted by atomic mass is 10.0. The van der Waals surface area contributed by atoms with Crippen molar-refractivity contribution in [1.82, 2.24) is 15.2 Å². The SMILES string of the molecule is CCc1nnc(C[C@@H]2CC[C@H](Nc3ccc(C)c(C#N)n3)C2)o1. The number of rotatable bonds is 5. The molecule has 2 aromatic heterocycles. The van der Waals surface area contributed by atoms with Crippen molar-refractivity contribution in [3.05, 3.63) is 35.2 Å². The molecule has 6 nitrogen and oxygen atoms in total. The van der Waals surface area contributed by atoms with Crippen LogP contribution in [0.25, 0.3) is 0 Å². The van der Waals surface area contributed by atoms with Crippen LogP contribution in [0.5, 0.6) is 0 Å². The summed E-state index contributed by atoms with van der Waals surface area (Å²) in [6.45, 7) is 3.91. The molecule has 2 heterocycles. The van der Waals surface area contributed by atoms with Crippen LogP contribution in [0.15, 0.2) is 16.5 Å². The van der Waals surface area contributed by atoms with Gasteiger partial charge in [0.1, 0.15) is 17.6 Å². The molecule has 23 heavy (non-hydrogen) atoms. The maximum atomic E-state index is 9.07. The lowest BCUT2D eigenvalue weighted by Crippen LogP contribution is -2.17. The molecule has 1 saturated carbocycles. The van der Waals surface area contributed by atoms with Gasteiger partial charge in [0, 0.05) is 18.9 Å². The first kappa shape index (κ1) is 15.5. The summed E-state index contributed by atoms with van der Waals surface area (Å²) in [5.74, 6) is 2.79. The monoisotopic (exact) mass is 311 g/mol. The number of anilines is 1. The minimum Gasteiger partial charge on any atom is -0.425 e. The van der Waals surface area contributed by atoms with E-state index in [9.17, 15) is 0 Å². The highest BCUT2D eigenvalue weighted by atomic mass is 16.4. The predicted molar refractivity (Wildman–Crippen MR) is 85.8 cm³/mol. The molecule has 2 aromatic rings. The molecule has 120 valence electrons. The van der Waals surface area contributed by atoms with Crippen LogP contribution in [-0.4, -0.2) is 21.2 Å². The molecule has 3 rings (SSSR count). The van der Waals surface area contributed by atoms with Crippen LogP contribution in [0.2, 0.25) is 0 Å². The van der Waals surface area contributed by atoms with Crippen LogP contribution < -0.4 is 5.32 Å². The van der Waals surface area contributed by atoms with Crippen molar-refractivity contribution in [2.75, 3.05) is 5.32 Å². The Morgan fingerprint density at radius 1 is 1.30 bits per heavy atom. The van der Waals surface area contributed by atoms with Crippen molar-refractivity contribution in [3.63, 3.8) is 0 Å². The highest BCUT2D eigenvalue weighted by Gasteiger charge is 2.26. The van der Waals surface area contributed by atoms with Crippen molar-refractivity contribution in [2.45, 2.75) is 52.0 Å². The van der Waals surface area contributed by atoms with E-state index in [1.165, 1.54) is 0 Å². The van der Waals surface area contributed by atoms with E-state index < -0.39 is 0 Å². The van der Waals surface area contributed by atoms with Gasteiger partial charge in [-0.25, -0.2) is 4.98 Å². The van der Waals surface area contributed by atoms with E-state index in [1.54, 1.807) is 0 Å². The first-order chi connectivity index (χ1) is 11.2. The molecular formula is C17H21N5O. The predicted octanol–water partition coefficient (Wildman–Crippen LogP) is 3.03. The largest absolute Gasteiger partial charge is 0.425 e. The molecule has 2 atom stereocenters. The van der Waals surface area contributed by atoms with Gasteiger partial charge < -0.3 is 9.73 Å². The van der Waals surface area contributed by atoms with Crippen LogP contribution in [0.4, 0.5) is 5.82 Å². The minimum absolute atomic E-state index is 0.385. The molecule has 0 radical (unpaired) electrons. The summed E-state index contributed by atoms with van der Waals surface area (Å²) in [6.07, 6.45) is 4.91. The number of hydrogen-bond donors (Lipinski definition) is 1. The molecule has 0 unspecified atom stereocenters. The Morgan fingerprint density at radius 2 is 2.13 bits per heavy atom. The molecule has 0 amide bonds. The van der Waals surface area contributed by atoms with Crippen molar-refractivity contribution in [2.24, 2.45) is 5.92 Å².